The summed E-state index contributed by atoms with van der Waals surface area (Å²) in [5.41, 5.74) is 0. The Bertz CT molecular complexity index is 400. The van der Waals surface area contributed by atoms with Crippen LogP contribution in [-0.4, -0.2) is 49.4 Å². The summed E-state index contributed by atoms with van der Waals surface area (Å²) < 4.78 is 14.5. The van der Waals surface area contributed by atoms with Crippen LogP contribution in [0, 0.1) is 43.5 Å². The minimum atomic E-state index is -1.11. The quantitative estimate of drug-likeness (QED) is 0.140. The minimum Gasteiger partial charge on any atom is -0.694 e. The third-order valence-electron chi connectivity index (χ3n) is 2.39. The Kier molecular flexibility index (Phi) is 25.7. The van der Waals surface area contributed by atoms with Gasteiger partial charge in [-0.25, -0.2) is 0 Å². The van der Waals surface area contributed by atoms with Gasteiger partial charge in [0.1, 0.15) is 0 Å². The smallest absolute Gasteiger partial charge is 0 e. The van der Waals surface area contributed by atoms with Gasteiger partial charge in [-0.1, -0.05) is 174 Å². The molecule has 0 saturated carbocycles. The molecule has 0 atom stereocenters. The number of rotatable bonds is 7. The van der Waals surface area contributed by atoms with Crippen molar-refractivity contribution in [2.45, 2.75) is 138 Å². The molecule has 0 heterocycles. The standard InChI is InChI=1S/3C6H18NSi2.C5H7.U/c3*1-8(2,3)7-9(4,5)6;1-3-5-4-2;/h3*1-6H3;3,5H2,1H3;/q4*-1;. The summed E-state index contributed by atoms with van der Waals surface area (Å²) in [6, 6.07) is 0. The molecular weight excluding hydrogens is 725 g/mol. The fourth-order valence-electron chi connectivity index (χ4n) is 3.14. The van der Waals surface area contributed by atoms with Crippen LogP contribution in [0.25, 0.3) is 13.9 Å². The molecule has 0 N–H and O–H groups in total. The largest absolute Gasteiger partial charge is 0.694 e. The van der Waals surface area contributed by atoms with Crippen LogP contribution in [0.15, 0.2) is 0 Å². The van der Waals surface area contributed by atoms with Gasteiger partial charge in [0.15, 0.2) is 0 Å². The Morgan fingerprint density at radius 3 is 0.606 bits per heavy atom. The normalized spacial score (nSPS) is 12.4. The molecule has 0 aliphatic rings. The van der Waals surface area contributed by atoms with Gasteiger partial charge in [0.2, 0.25) is 0 Å². The first-order valence-corrected chi connectivity index (χ1v) is 32.8. The molecule has 0 amide bonds. The average Bonchev–Trinajstić information content (AvgIpc) is 2.27. The summed E-state index contributed by atoms with van der Waals surface area (Å²) in [6.45, 7) is 43.4. The van der Waals surface area contributed by atoms with Crippen molar-refractivity contribution in [3.63, 3.8) is 0 Å². The number of hydrogen-bond donors (Lipinski definition) is 0. The molecule has 0 radical (unpaired) electrons. The molecule has 0 unspecified atom stereocenters. The van der Waals surface area contributed by atoms with E-state index in [0.717, 1.165) is 12.8 Å². The second kappa shape index (κ2) is 18.9. The Balaban J connectivity index is -0.000000107. The van der Waals surface area contributed by atoms with E-state index in [9.17, 15) is 0 Å². The topological polar surface area (TPSA) is 42.3 Å². The van der Waals surface area contributed by atoms with Gasteiger partial charge < -0.3 is 26.3 Å². The zero-order chi connectivity index (χ0) is 27.2. The van der Waals surface area contributed by atoms with Crippen molar-refractivity contribution < 1.29 is 31.1 Å². The number of hydrogen-bond acceptors (Lipinski definition) is 0. The van der Waals surface area contributed by atoms with Crippen molar-refractivity contribution in [3.8, 4) is 5.92 Å². The summed E-state index contributed by atoms with van der Waals surface area (Å²) in [5.74, 6) is 2.27. The minimum absolute atomic E-state index is 0. The molecule has 3 nitrogen and oxygen atoms in total. The van der Waals surface area contributed by atoms with Crippen LogP contribution in [0.3, 0.4) is 0 Å². The zero-order valence-electron chi connectivity index (χ0n) is 26.3. The molecule has 0 bridgehead atoms. The van der Waals surface area contributed by atoms with E-state index in [1.54, 1.807) is 0 Å². The van der Waals surface area contributed by atoms with E-state index in [1.807, 2.05) is 6.92 Å². The van der Waals surface area contributed by atoms with Gasteiger partial charge in [0, 0.05) is 31.1 Å². The second-order valence-electron chi connectivity index (χ2n) is 14.3. The van der Waals surface area contributed by atoms with Crippen molar-refractivity contribution in [1.29, 1.82) is 0 Å². The van der Waals surface area contributed by atoms with Crippen LogP contribution in [0.5, 0.6) is 0 Å². The summed E-state index contributed by atoms with van der Waals surface area (Å²) in [4.78, 5) is 0. The third kappa shape index (κ3) is 71.9. The molecule has 0 rings (SSSR count). The molecule has 33 heavy (non-hydrogen) atoms. The van der Waals surface area contributed by atoms with E-state index in [4.69, 9.17) is 20.4 Å². The van der Waals surface area contributed by atoms with Crippen molar-refractivity contribution in [2.75, 3.05) is 0 Å². The summed E-state index contributed by atoms with van der Waals surface area (Å²) in [7, 11) is -6.64. The van der Waals surface area contributed by atoms with Crippen LogP contribution in [-0.2, 0) is 0 Å². The number of unbranched alkanes of at least 4 members (excludes halogenated alkanes) is 1. The Labute approximate surface area is 242 Å². The van der Waals surface area contributed by atoms with Gasteiger partial charge in [0.25, 0.3) is 0 Å². The van der Waals surface area contributed by atoms with E-state index < -0.39 is 49.4 Å². The molecular formula is C23H61N3Si6U-4. The van der Waals surface area contributed by atoms with Crippen LogP contribution in [0.4, 0.5) is 0 Å². The fourth-order valence-corrected chi connectivity index (χ4v) is 27.3. The average molecular weight is 786 g/mol. The third-order valence-corrected chi connectivity index (χ3v) is 18.5. The van der Waals surface area contributed by atoms with Crippen molar-refractivity contribution >= 4 is 49.4 Å². The first-order valence-electron chi connectivity index (χ1n) is 12.2. The van der Waals surface area contributed by atoms with E-state index in [1.165, 1.54) is 0 Å². The Morgan fingerprint density at radius 1 is 0.455 bits per heavy atom. The van der Waals surface area contributed by atoms with Crippen LogP contribution in [0.1, 0.15) is 19.8 Å². The van der Waals surface area contributed by atoms with Crippen molar-refractivity contribution in [2.24, 2.45) is 0 Å². The molecule has 200 valence electrons. The molecule has 0 saturated heterocycles. The van der Waals surface area contributed by atoms with E-state index in [0.29, 0.717) is 0 Å². The van der Waals surface area contributed by atoms with Gasteiger partial charge in [-0.3, -0.25) is 0 Å². The molecule has 0 aromatic heterocycles. The second-order valence-corrected chi connectivity index (χ2v) is 43.0. The van der Waals surface area contributed by atoms with Crippen LogP contribution in [0.2, 0.25) is 118 Å². The van der Waals surface area contributed by atoms with Gasteiger partial charge in [-0.15, -0.1) is 0 Å². The van der Waals surface area contributed by atoms with Crippen molar-refractivity contribution in [3.05, 3.63) is 20.4 Å². The van der Waals surface area contributed by atoms with Gasteiger partial charge in [-0.05, 0) is 12.8 Å². The number of nitrogens with zero attached hydrogens (tertiary/aromatic N) is 3. The van der Waals surface area contributed by atoms with E-state index >= 15 is 0 Å². The molecule has 10 heteroatoms. The molecule has 0 aliphatic carbocycles. The van der Waals surface area contributed by atoms with Crippen molar-refractivity contribution in [1.82, 2.24) is 0 Å². The van der Waals surface area contributed by atoms with E-state index in [-0.39, 0.29) is 31.1 Å². The zero-order valence-corrected chi connectivity index (χ0v) is 36.4. The SMILES string of the molecule is C[Si](C)(C)[N-][Si](C)(C)C.C[Si](C)(C)[N-][Si](C)(C)C.C[Si](C)(C)[N-][Si](C)(C)C.[C-]#CCCC.[U]. The molecule has 0 spiro atoms. The predicted octanol–water partition coefficient (Wildman–Crippen LogP) is 10.5. The maximum absolute atomic E-state index is 6.35. The van der Waals surface area contributed by atoms with E-state index in [2.05, 4.69) is 124 Å². The van der Waals surface area contributed by atoms with Gasteiger partial charge in [0.05, 0.1) is 0 Å². The first-order chi connectivity index (χ1) is 13.5. The Morgan fingerprint density at radius 2 is 0.606 bits per heavy atom. The van der Waals surface area contributed by atoms with Gasteiger partial charge >= 0.3 is 0 Å². The summed E-state index contributed by atoms with van der Waals surface area (Å²) in [5, 5.41) is 0. The molecule has 0 fully saturated rings. The van der Waals surface area contributed by atoms with Gasteiger partial charge in [-0.2, -0.15) is 0 Å². The Hall–Kier alpha value is 1.79. The molecule has 0 aromatic carbocycles. The summed E-state index contributed by atoms with van der Waals surface area (Å²) >= 11 is 0. The molecule has 0 aromatic rings. The van der Waals surface area contributed by atoms with Crippen LogP contribution >= 0.6 is 0 Å². The maximum Gasteiger partial charge on any atom is 0 e. The fraction of sp³-hybridized carbons (Fsp3) is 0.913. The monoisotopic (exact) mass is 785 g/mol. The predicted molar refractivity (Wildman–Crippen MR) is 172 cm³/mol. The first kappa shape index (κ1) is 44.8. The van der Waals surface area contributed by atoms with Crippen LogP contribution < -0.4 is 0 Å². The molecule has 0 aliphatic heterocycles. The summed E-state index contributed by atoms with van der Waals surface area (Å²) in [6.07, 6.45) is 8.20. The maximum atomic E-state index is 6.35.